The summed E-state index contributed by atoms with van der Waals surface area (Å²) in [7, 11) is 2.83. The normalized spacial score (nSPS) is 23.5. The Morgan fingerprint density at radius 1 is 0.896 bits per heavy atom. The van der Waals surface area contributed by atoms with Crippen molar-refractivity contribution in [2.75, 3.05) is 34.0 Å². The first-order valence-corrected chi connectivity index (χ1v) is 16.1. The molecular weight excluding hydrogens is 648 g/mol. The van der Waals surface area contributed by atoms with E-state index in [0.29, 0.717) is 17.1 Å². The molecule has 0 aliphatic carbocycles. The molecule has 0 bridgehead atoms. The third kappa shape index (κ3) is 9.13. The van der Waals surface area contributed by atoms with Crippen molar-refractivity contribution in [2.24, 2.45) is 0 Å². The second-order valence-electron chi connectivity index (χ2n) is 11.2. The summed E-state index contributed by atoms with van der Waals surface area (Å²) >= 11 is 0.721. The molecule has 0 spiro atoms. The lowest BCUT2D eigenvalue weighted by atomic mass is 9.96. The highest BCUT2D eigenvalue weighted by atomic mass is 32.2. The van der Waals surface area contributed by atoms with Gasteiger partial charge in [-0.15, -0.1) is 0 Å². The number of nitrogens with one attached hydrogen (secondary N) is 2. The van der Waals surface area contributed by atoms with Crippen LogP contribution in [0.2, 0.25) is 0 Å². The van der Waals surface area contributed by atoms with Gasteiger partial charge < -0.3 is 60.2 Å². The summed E-state index contributed by atoms with van der Waals surface area (Å²) in [4.78, 5) is 26.2. The molecule has 0 radical (unpaired) electrons. The molecule has 1 aliphatic heterocycles. The van der Waals surface area contributed by atoms with Crippen LogP contribution < -0.4 is 20.1 Å². The van der Waals surface area contributed by atoms with E-state index in [9.17, 15) is 40.2 Å². The maximum absolute atomic E-state index is 13.3. The largest absolute Gasteiger partial charge is 0.497 e. The molecule has 4 rings (SSSR count). The van der Waals surface area contributed by atoms with Gasteiger partial charge in [-0.25, -0.2) is 0 Å². The van der Waals surface area contributed by atoms with Crippen molar-refractivity contribution in [1.82, 2.24) is 10.6 Å². The summed E-state index contributed by atoms with van der Waals surface area (Å²) in [5, 5.41) is 70.4. The van der Waals surface area contributed by atoms with E-state index >= 15 is 0 Å². The van der Waals surface area contributed by atoms with Gasteiger partial charge >= 0.3 is 0 Å². The minimum absolute atomic E-state index is 0.100. The van der Waals surface area contributed by atoms with Crippen LogP contribution in [0.1, 0.15) is 27.6 Å². The number of amides is 2. The Labute approximate surface area is 281 Å². The van der Waals surface area contributed by atoms with Crippen molar-refractivity contribution in [1.29, 1.82) is 0 Å². The fourth-order valence-corrected chi connectivity index (χ4v) is 6.38. The van der Waals surface area contributed by atoms with Crippen molar-refractivity contribution < 1.29 is 59.2 Å². The van der Waals surface area contributed by atoms with Gasteiger partial charge in [0, 0.05) is 23.7 Å². The summed E-state index contributed by atoms with van der Waals surface area (Å²) < 4.78 is 22.0. The lowest BCUT2D eigenvalue weighted by molar-refractivity contribution is -0.166. The Balaban J connectivity index is 1.52. The first kappa shape index (κ1) is 37.3. The number of thioether (sulfide) groups is 1. The molecule has 48 heavy (non-hydrogen) atoms. The molecule has 9 atom stereocenters. The molecule has 1 aliphatic rings. The summed E-state index contributed by atoms with van der Waals surface area (Å²) in [5.74, 6) is -0.525. The van der Waals surface area contributed by atoms with E-state index in [0.717, 1.165) is 22.5 Å². The monoisotopic (exact) mass is 690 g/mol. The number of hydrogen-bond donors (Lipinski definition) is 8. The minimum atomic E-state index is -1.62. The zero-order valence-electron chi connectivity index (χ0n) is 26.6. The topological polar surface area (TPSA) is 216 Å². The number of fused-ring (bicyclic) bond motifs is 1. The van der Waals surface area contributed by atoms with Gasteiger partial charge in [0.1, 0.15) is 52.9 Å². The quantitative estimate of drug-likeness (QED) is 0.0988. The van der Waals surface area contributed by atoms with E-state index in [4.69, 9.17) is 18.9 Å². The van der Waals surface area contributed by atoms with Gasteiger partial charge in [-0.05, 0) is 42.0 Å². The Kier molecular flexibility index (Phi) is 13.4. The lowest BCUT2D eigenvalue weighted by Crippen LogP contribution is -2.64. The average molecular weight is 691 g/mol. The van der Waals surface area contributed by atoms with Crippen LogP contribution in [0, 0.1) is 0 Å². The summed E-state index contributed by atoms with van der Waals surface area (Å²) in [6.07, 6.45) is -8.26. The van der Waals surface area contributed by atoms with Crippen LogP contribution in [0.5, 0.6) is 11.5 Å². The second-order valence-corrected chi connectivity index (χ2v) is 12.5. The number of ether oxygens (including phenoxy) is 4. The third-order valence-electron chi connectivity index (χ3n) is 7.89. The average Bonchev–Trinajstić information content (AvgIpc) is 3.10. The summed E-state index contributed by atoms with van der Waals surface area (Å²) in [6.45, 7) is -0.277. The third-order valence-corrected chi connectivity index (χ3v) is 9.24. The van der Waals surface area contributed by atoms with E-state index in [-0.39, 0.29) is 12.1 Å². The van der Waals surface area contributed by atoms with Crippen LogP contribution in [0.4, 0.5) is 0 Å². The van der Waals surface area contributed by atoms with Crippen molar-refractivity contribution in [3.63, 3.8) is 0 Å². The van der Waals surface area contributed by atoms with Gasteiger partial charge in [-0.1, -0.05) is 42.1 Å². The molecular formula is C33H42N2O12S. The Hall–Kier alpha value is -3.51. The molecule has 1 heterocycles. The highest BCUT2D eigenvalue weighted by molar-refractivity contribution is 8.00. The van der Waals surface area contributed by atoms with Gasteiger partial charge in [0.05, 0.1) is 39.6 Å². The molecule has 262 valence electrons. The van der Waals surface area contributed by atoms with E-state index < -0.39 is 78.6 Å². The number of rotatable bonds is 15. The van der Waals surface area contributed by atoms with Gasteiger partial charge in [0.2, 0.25) is 0 Å². The van der Waals surface area contributed by atoms with Gasteiger partial charge in [-0.2, -0.15) is 0 Å². The number of carbonyl (C=O) groups is 2. The van der Waals surface area contributed by atoms with E-state index in [2.05, 4.69) is 10.6 Å². The standard InChI is InChI=1S/C33H42N2O12S/c1-17(38)25(15-36)46-32(24(39)14-34-30(42)20-9-8-18-6-4-5-7-19(18)10-20)48-33-29(41)27(28(40)26(16-37)47-33)35-31(43)21-11-22(44-2)13-23(12-21)45-3/h4-13,17,24-29,32-33,36-41H,14-16H2,1-3H3,(H,34,42)(H,35,43)/t17-,24?,25?,26-,27?,28?,29?,32?,33+/m1/s1. The molecule has 6 unspecified atom stereocenters. The Morgan fingerprint density at radius 2 is 1.56 bits per heavy atom. The molecule has 14 nitrogen and oxygen atoms in total. The van der Waals surface area contributed by atoms with Gasteiger partial charge in [-0.3, -0.25) is 9.59 Å². The number of benzene rings is 3. The van der Waals surface area contributed by atoms with Crippen molar-refractivity contribution >= 4 is 34.3 Å². The summed E-state index contributed by atoms with van der Waals surface area (Å²) in [5.41, 5.74) is -2.20. The van der Waals surface area contributed by atoms with Crippen LogP contribution in [-0.4, -0.2) is 130 Å². The number of hydrogen-bond acceptors (Lipinski definition) is 13. The molecule has 3 aromatic carbocycles. The van der Waals surface area contributed by atoms with Crippen molar-refractivity contribution in [2.45, 2.75) is 60.5 Å². The van der Waals surface area contributed by atoms with E-state index in [1.165, 1.54) is 33.3 Å². The molecule has 15 heteroatoms. The molecule has 3 aromatic rings. The highest BCUT2D eigenvalue weighted by Crippen LogP contribution is 2.34. The zero-order valence-corrected chi connectivity index (χ0v) is 27.4. The van der Waals surface area contributed by atoms with Crippen LogP contribution in [0.3, 0.4) is 0 Å². The Morgan fingerprint density at radius 3 is 2.17 bits per heavy atom. The fourth-order valence-electron chi connectivity index (χ4n) is 5.10. The Bertz CT molecular complexity index is 1500. The summed E-state index contributed by atoms with van der Waals surface area (Å²) in [6, 6.07) is 15.7. The highest BCUT2D eigenvalue weighted by Gasteiger charge is 2.47. The number of methoxy groups -OCH3 is 2. The number of carbonyl (C=O) groups excluding carboxylic acids is 2. The number of aliphatic hydroxyl groups is 6. The smallest absolute Gasteiger partial charge is 0.251 e. The molecule has 0 aromatic heterocycles. The second kappa shape index (κ2) is 17.2. The van der Waals surface area contributed by atoms with Crippen LogP contribution >= 0.6 is 11.8 Å². The van der Waals surface area contributed by atoms with Gasteiger partial charge in [0.15, 0.2) is 0 Å². The molecule has 8 N–H and O–H groups in total. The number of aliphatic hydroxyl groups excluding tert-OH is 6. The van der Waals surface area contributed by atoms with Crippen molar-refractivity contribution in [3.8, 4) is 11.5 Å². The predicted molar refractivity (Wildman–Crippen MR) is 176 cm³/mol. The van der Waals surface area contributed by atoms with Crippen LogP contribution in [0.25, 0.3) is 10.8 Å². The first-order valence-electron chi connectivity index (χ1n) is 15.2. The molecule has 0 saturated carbocycles. The lowest BCUT2D eigenvalue weighted by Gasteiger charge is -2.43. The maximum atomic E-state index is 13.3. The van der Waals surface area contributed by atoms with E-state index in [1.54, 1.807) is 24.3 Å². The van der Waals surface area contributed by atoms with E-state index in [1.807, 2.05) is 24.3 Å². The van der Waals surface area contributed by atoms with Crippen molar-refractivity contribution in [3.05, 3.63) is 71.8 Å². The molecule has 2 amide bonds. The first-order chi connectivity index (χ1) is 23.0. The zero-order chi connectivity index (χ0) is 35.0. The van der Waals surface area contributed by atoms with Gasteiger partial charge in [0.25, 0.3) is 11.8 Å². The predicted octanol–water partition coefficient (Wildman–Crippen LogP) is 0.00290. The fraction of sp³-hybridized carbons (Fsp3) is 0.455. The maximum Gasteiger partial charge on any atom is 0.251 e. The van der Waals surface area contributed by atoms with Crippen LogP contribution in [0.15, 0.2) is 60.7 Å². The molecule has 1 fully saturated rings. The van der Waals surface area contributed by atoms with Crippen LogP contribution in [-0.2, 0) is 9.47 Å². The minimum Gasteiger partial charge on any atom is -0.497 e. The molecule has 1 saturated heterocycles. The SMILES string of the molecule is COc1cc(OC)cc(C(=O)NC2C(O)[C@@H](CO)O[C@@H](SC(OC(CO)[C@@H](C)O)C(O)CNC(=O)c3ccc4ccccc4c3)C2O)c1.